The number of anilines is 1. The van der Waals surface area contributed by atoms with Crippen molar-refractivity contribution in [1.82, 2.24) is 24.9 Å². The first-order valence-corrected chi connectivity index (χ1v) is 7.25. The van der Waals surface area contributed by atoms with Crippen molar-refractivity contribution in [2.45, 2.75) is 26.4 Å². The zero-order chi connectivity index (χ0) is 17.9. The fraction of sp³-hybridized carbons (Fsp3) is 0.357. The van der Waals surface area contributed by atoms with Crippen LogP contribution in [0.15, 0.2) is 18.6 Å². The number of carboxylic acids is 1. The summed E-state index contributed by atoms with van der Waals surface area (Å²) in [6.45, 7) is 3.96. The third-order valence-corrected chi connectivity index (χ3v) is 3.41. The van der Waals surface area contributed by atoms with Gasteiger partial charge in [-0.25, -0.2) is 4.79 Å². The largest absolute Gasteiger partial charge is 0.478 e. The molecule has 2 aromatic heterocycles. The van der Waals surface area contributed by atoms with Crippen LogP contribution >= 0.6 is 0 Å². The van der Waals surface area contributed by atoms with Crippen molar-refractivity contribution in [3.8, 4) is 0 Å². The van der Waals surface area contributed by atoms with Gasteiger partial charge in [-0.05, 0) is 13.8 Å². The highest BCUT2D eigenvalue weighted by molar-refractivity contribution is 6.02. The van der Waals surface area contributed by atoms with E-state index < -0.39 is 23.8 Å². The van der Waals surface area contributed by atoms with Gasteiger partial charge in [-0.3, -0.25) is 19.0 Å². The van der Waals surface area contributed by atoms with E-state index in [-0.39, 0.29) is 16.9 Å². The van der Waals surface area contributed by atoms with Crippen LogP contribution in [0.4, 0.5) is 5.69 Å². The molecule has 0 spiro atoms. The Balaban J connectivity index is 2.20. The van der Waals surface area contributed by atoms with E-state index in [0.29, 0.717) is 6.54 Å². The second-order valence-electron chi connectivity index (χ2n) is 5.01. The lowest BCUT2D eigenvalue weighted by molar-refractivity contribution is -0.119. The fourth-order valence-electron chi connectivity index (χ4n) is 1.98. The third kappa shape index (κ3) is 3.42. The number of aromatic nitrogens is 4. The third-order valence-electron chi connectivity index (χ3n) is 3.41. The van der Waals surface area contributed by atoms with Gasteiger partial charge in [0.05, 0.1) is 17.4 Å². The summed E-state index contributed by atoms with van der Waals surface area (Å²) in [7, 11) is 1.47. The van der Waals surface area contributed by atoms with Crippen LogP contribution in [-0.4, -0.2) is 49.5 Å². The number of nitrogens with one attached hydrogen (secondary N) is 2. The molecule has 0 saturated carbocycles. The average Bonchev–Trinajstić information content (AvgIpc) is 3.20. The minimum Gasteiger partial charge on any atom is -0.478 e. The quantitative estimate of drug-likeness (QED) is 0.699. The summed E-state index contributed by atoms with van der Waals surface area (Å²) in [5, 5.41) is 22.0. The average molecular weight is 334 g/mol. The SMILES string of the molecule is CCn1cc(NC(=O)C(C)n2cc(C(=O)O)cn2)c(C(=O)NC)n1. The lowest BCUT2D eigenvalue weighted by Gasteiger charge is -2.12. The summed E-state index contributed by atoms with van der Waals surface area (Å²) < 4.78 is 2.77. The van der Waals surface area contributed by atoms with Gasteiger partial charge in [-0.1, -0.05) is 0 Å². The van der Waals surface area contributed by atoms with Crippen LogP contribution in [-0.2, 0) is 11.3 Å². The molecule has 0 aliphatic heterocycles. The maximum atomic E-state index is 12.4. The predicted molar refractivity (Wildman–Crippen MR) is 83.8 cm³/mol. The Hall–Kier alpha value is -3.17. The Kier molecular flexibility index (Phi) is 4.97. The highest BCUT2D eigenvalue weighted by atomic mass is 16.4. The van der Waals surface area contributed by atoms with Crippen LogP contribution in [0.25, 0.3) is 0 Å². The molecule has 2 rings (SSSR count). The molecule has 0 radical (unpaired) electrons. The lowest BCUT2D eigenvalue weighted by atomic mass is 10.3. The van der Waals surface area contributed by atoms with Crippen molar-refractivity contribution >= 4 is 23.5 Å². The number of aryl methyl sites for hydroxylation is 1. The first kappa shape index (κ1) is 17.2. The zero-order valence-electron chi connectivity index (χ0n) is 13.5. The number of hydrogen-bond acceptors (Lipinski definition) is 5. The van der Waals surface area contributed by atoms with E-state index in [0.717, 1.165) is 6.20 Å². The molecule has 128 valence electrons. The van der Waals surface area contributed by atoms with E-state index in [2.05, 4.69) is 20.8 Å². The molecule has 0 aromatic carbocycles. The van der Waals surface area contributed by atoms with Crippen molar-refractivity contribution in [2.75, 3.05) is 12.4 Å². The summed E-state index contributed by atoms with van der Waals surface area (Å²) >= 11 is 0. The Bertz CT molecular complexity index is 778. The van der Waals surface area contributed by atoms with Crippen LogP contribution in [0, 0.1) is 0 Å². The van der Waals surface area contributed by atoms with Gasteiger partial charge in [0.1, 0.15) is 6.04 Å². The molecule has 0 saturated heterocycles. The molecule has 0 aliphatic carbocycles. The number of carbonyl (C=O) groups is 3. The number of nitrogens with zero attached hydrogens (tertiary/aromatic N) is 4. The van der Waals surface area contributed by atoms with Gasteiger partial charge in [0.25, 0.3) is 5.91 Å². The first-order valence-electron chi connectivity index (χ1n) is 7.25. The molecule has 3 N–H and O–H groups in total. The van der Waals surface area contributed by atoms with E-state index in [1.807, 2.05) is 6.92 Å². The van der Waals surface area contributed by atoms with Gasteiger partial charge < -0.3 is 15.7 Å². The summed E-state index contributed by atoms with van der Waals surface area (Å²) in [5.74, 6) is -1.99. The van der Waals surface area contributed by atoms with Gasteiger partial charge >= 0.3 is 5.97 Å². The van der Waals surface area contributed by atoms with E-state index in [4.69, 9.17) is 5.11 Å². The van der Waals surface area contributed by atoms with Gasteiger partial charge in [-0.2, -0.15) is 10.2 Å². The number of aromatic carboxylic acids is 1. The van der Waals surface area contributed by atoms with Crippen molar-refractivity contribution < 1.29 is 19.5 Å². The number of hydrogen-bond donors (Lipinski definition) is 3. The Morgan fingerprint density at radius 2 is 2.04 bits per heavy atom. The minimum atomic E-state index is -1.13. The van der Waals surface area contributed by atoms with Crippen molar-refractivity contribution in [3.63, 3.8) is 0 Å². The first-order chi connectivity index (χ1) is 11.4. The fourth-order valence-corrected chi connectivity index (χ4v) is 1.98. The summed E-state index contributed by atoms with van der Waals surface area (Å²) in [4.78, 5) is 35.1. The molecule has 1 atom stereocenters. The second-order valence-corrected chi connectivity index (χ2v) is 5.01. The van der Waals surface area contributed by atoms with Gasteiger partial charge in [-0.15, -0.1) is 0 Å². The van der Waals surface area contributed by atoms with Crippen molar-refractivity contribution in [3.05, 3.63) is 29.8 Å². The Morgan fingerprint density at radius 3 is 2.58 bits per heavy atom. The number of amides is 2. The molecule has 1 unspecified atom stereocenters. The number of carboxylic acid groups (broad SMARTS) is 1. The highest BCUT2D eigenvalue weighted by Crippen LogP contribution is 2.17. The van der Waals surface area contributed by atoms with Gasteiger partial charge in [0.2, 0.25) is 5.91 Å². The maximum absolute atomic E-state index is 12.4. The number of carbonyl (C=O) groups excluding carboxylic acids is 2. The summed E-state index contributed by atoms with van der Waals surface area (Å²) in [6.07, 6.45) is 3.99. The minimum absolute atomic E-state index is 0.0143. The Labute approximate surface area is 137 Å². The smallest absolute Gasteiger partial charge is 0.338 e. The lowest BCUT2D eigenvalue weighted by Crippen LogP contribution is -2.26. The molecule has 2 aromatic rings. The van der Waals surface area contributed by atoms with Crippen molar-refractivity contribution in [2.24, 2.45) is 0 Å². The molecule has 2 amide bonds. The van der Waals surface area contributed by atoms with Crippen molar-refractivity contribution in [1.29, 1.82) is 0 Å². The van der Waals surface area contributed by atoms with Crippen LogP contribution < -0.4 is 10.6 Å². The molecule has 0 bridgehead atoms. The van der Waals surface area contributed by atoms with E-state index in [1.165, 1.54) is 22.6 Å². The Morgan fingerprint density at radius 1 is 1.33 bits per heavy atom. The standard InChI is InChI=1S/C14H18N6O4/c1-4-19-7-10(11(18-19)13(22)15-3)17-12(21)8(2)20-6-9(5-16-20)14(23)24/h5-8H,4H2,1-3H3,(H,15,22)(H,17,21)(H,23,24). The molecule has 2 heterocycles. The normalized spacial score (nSPS) is 11.8. The molecule has 10 nitrogen and oxygen atoms in total. The van der Waals surface area contributed by atoms with Gasteiger partial charge in [0, 0.05) is 26.0 Å². The monoisotopic (exact) mass is 334 g/mol. The summed E-state index contributed by atoms with van der Waals surface area (Å²) in [5.41, 5.74) is 0.366. The second kappa shape index (κ2) is 6.94. The molecule has 10 heteroatoms. The van der Waals surface area contributed by atoms with E-state index in [1.54, 1.807) is 13.1 Å². The maximum Gasteiger partial charge on any atom is 0.338 e. The zero-order valence-corrected chi connectivity index (χ0v) is 13.5. The van der Waals surface area contributed by atoms with Crippen LogP contribution in [0.2, 0.25) is 0 Å². The van der Waals surface area contributed by atoms with Crippen LogP contribution in [0.5, 0.6) is 0 Å². The molecular weight excluding hydrogens is 316 g/mol. The molecule has 0 aliphatic rings. The number of rotatable bonds is 6. The van der Waals surface area contributed by atoms with E-state index >= 15 is 0 Å². The van der Waals surface area contributed by atoms with E-state index in [9.17, 15) is 14.4 Å². The molecule has 24 heavy (non-hydrogen) atoms. The highest BCUT2D eigenvalue weighted by Gasteiger charge is 2.22. The van der Waals surface area contributed by atoms with Crippen LogP contribution in [0.1, 0.15) is 40.7 Å². The molecule has 0 fully saturated rings. The van der Waals surface area contributed by atoms with Gasteiger partial charge in [0.15, 0.2) is 5.69 Å². The topological polar surface area (TPSA) is 131 Å². The summed E-state index contributed by atoms with van der Waals surface area (Å²) in [6, 6.07) is -0.763. The molecular formula is C14H18N6O4. The van der Waals surface area contributed by atoms with Crippen LogP contribution in [0.3, 0.4) is 0 Å². The predicted octanol–water partition coefficient (Wildman–Crippen LogP) is 0.357.